The Morgan fingerprint density at radius 3 is 2.85 bits per heavy atom. The third-order valence-corrected chi connectivity index (χ3v) is 5.96. The zero-order valence-electron chi connectivity index (χ0n) is 14.5. The van der Waals surface area contributed by atoms with E-state index in [1.165, 1.54) is 18.2 Å². The van der Waals surface area contributed by atoms with Gasteiger partial charge in [-0.25, -0.2) is 13.1 Å². The van der Waals surface area contributed by atoms with Crippen LogP contribution in [-0.4, -0.2) is 35.1 Å². The number of aromatic nitrogens is 3. The Morgan fingerprint density at radius 1 is 1.35 bits per heavy atom. The minimum Gasteiger partial charge on any atom is -0.345 e. The zero-order chi connectivity index (χ0) is 18.9. The average Bonchev–Trinajstić information content (AvgIpc) is 3.15. The lowest BCUT2D eigenvalue weighted by Crippen LogP contribution is -2.30. The summed E-state index contributed by atoms with van der Waals surface area (Å²) in [5.74, 6) is 1.12. The molecule has 0 fully saturated rings. The van der Waals surface area contributed by atoms with Crippen LogP contribution in [0.15, 0.2) is 23.1 Å². The fourth-order valence-corrected chi connectivity index (χ4v) is 4.30. The summed E-state index contributed by atoms with van der Waals surface area (Å²) in [5, 5.41) is 11.1. The molecule has 0 bridgehead atoms. The summed E-state index contributed by atoms with van der Waals surface area (Å²) in [6.07, 6.45) is 1.90. The van der Waals surface area contributed by atoms with Crippen molar-refractivity contribution >= 4 is 27.5 Å². The number of carbonyl (C=O) groups excluding carboxylic acids is 1. The van der Waals surface area contributed by atoms with Gasteiger partial charge in [-0.2, -0.15) is 0 Å². The zero-order valence-corrected chi connectivity index (χ0v) is 16.1. The molecule has 1 aromatic heterocycles. The van der Waals surface area contributed by atoms with Gasteiger partial charge in [0.05, 0.1) is 22.0 Å². The first-order valence-electron chi connectivity index (χ1n) is 8.29. The second kappa shape index (κ2) is 7.34. The third kappa shape index (κ3) is 3.89. The van der Waals surface area contributed by atoms with Gasteiger partial charge < -0.3 is 9.88 Å². The molecule has 1 amide bonds. The Hall–Kier alpha value is -1.97. The van der Waals surface area contributed by atoms with Gasteiger partial charge in [-0.15, -0.1) is 10.2 Å². The van der Waals surface area contributed by atoms with Gasteiger partial charge in [0.1, 0.15) is 5.82 Å². The molecule has 2 aromatic rings. The van der Waals surface area contributed by atoms with E-state index in [-0.39, 0.29) is 28.1 Å². The maximum atomic E-state index is 12.5. The number of amides is 1. The standard InChI is InChI=1S/C16H20ClN5O3S/c1-10(2)21-26(24,25)11-5-6-13(17)12(8-11)16(23)18-9-15-20-19-14-4-3-7-22(14)15/h5-6,8,10,21H,3-4,7,9H2,1-2H3,(H,18,23). The highest BCUT2D eigenvalue weighted by Gasteiger charge is 2.21. The number of carbonyl (C=O) groups is 1. The van der Waals surface area contributed by atoms with Crippen LogP contribution in [0.2, 0.25) is 5.02 Å². The molecule has 1 aromatic carbocycles. The van der Waals surface area contributed by atoms with Crippen molar-refractivity contribution in [3.05, 3.63) is 40.4 Å². The largest absolute Gasteiger partial charge is 0.345 e. The van der Waals surface area contributed by atoms with E-state index in [0.29, 0.717) is 5.82 Å². The van der Waals surface area contributed by atoms with E-state index in [2.05, 4.69) is 20.2 Å². The summed E-state index contributed by atoms with van der Waals surface area (Å²) in [6, 6.07) is 3.79. The summed E-state index contributed by atoms with van der Waals surface area (Å²) >= 11 is 6.09. The van der Waals surface area contributed by atoms with Crippen molar-refractivity contribution in [1.82, 2.24) is 24.8 Å². The number of sulfonamides is 1. The van der Waals surface area contributed by atoms with Crippen LogP contribution in [0, 0.1) is 0 Å². The van der Waals surface area contributed by atoms with E-state index in [1.807, 2.05) is 4.57 Å². The highest BCUT2D eigenvalue weighted by atomic mass is 35.5. The summed E-state index contributed by atoms with van der Waals surface area (Å²) in [7, 11) is -3.71. The molecular formula is C16H20ClN5O3S. The molecule has 0 saturated carbocycles. The van der Waals surface area contributed by atoms with Gasteiger partial charge in [-0.1, -0.05) is 11.6 Å². The predicted octanol–water partition coefficient (Wildman–Crippen LogP) is 1.49. The number of aryl methyl sites for hydroxylation is 1. The van der Waals surface area contributed by atoms with E-state index >= 15 is 0 Å². The summed E-state index contributed by atoms with van der Waals surface area (Å²) in [5.41, 5.74) is 0.0967. The Morgan fingerprint density at radius 2 is 2.12 bits per heavy atom. The molecule has 2 heterocycles. The van der Waals surface area contributed by atoms with Crippen molar-refractivity contribution in [1.29, 1.82) is 0 Å². The highest BCUT2D eigenvalue weighted by molar-refractivity contribution is 7.89. The molecule has 0 spiro atoms. The lowest BCUT2D eigenvalue weighted by atomic mass is 10.2. The van der Waals surface area contributed by atoms with Crippen molar-refractivity contribution in [2.24, 2.45) is 0 Å². The van der Waals surface area contributed by atoms with Crippen LogP contribution in [-0.2, 0) is 29.5 Å². The highest BCUT2D eigenvalue weighted by Crippen LogP contribution is 2.21. The number of hydrogen-bond donors (Lipinski definition) is 2. The van der Waals surface area contributed by atoms with E-state index in [1.54, 1.807) is 13.8 Å². The first-order valence-corrected chi connectivity index (χ1v) is 10.1. The van der Waals surface area contributed by atoms with E-state index < -0.39 is 15.9 Å². The minimum absolute atomic E-state index is 0.0101. The molecule has 0 radical (unpaired) electrons. The molecule has 1 aliphatic heterocycles. The number of halogens is 1. The summed E-state index contributed by atoms with van der Waals surface area (Å²) in [6.45, 7) is 4.47. The van der Waals surface area contributed by atoms with Crippen molar-refractivity contribution < 1.29 is 13.2 Å². The van der Waals surface area contributed by atoms with E-state index in [4.69, 9.17) is 11.6 Å². The average molecular weight is 398 g/mol. The molecule has 26 heavy (non-hydrogen) atoms. The van der Waals surface area contributed by atoms with Crippen LogP contribution in [0.25, 0.3) is 0 Å². The second-order valence-electron chi connectivity index (χ2n) is 6.39. The summed E-state index contributed by atoms with van der Waals surface area (Å²) < 4.78 is 29.0. The number of rotatable bonds is 6. The molecule has 3 rings (SSSR count). The third-order valence-electron chi connectivity index (χ3n) is 3.98. The molecule has 8 nitrogen and oxygen atoms in total. The fourth-order valence-electron chi connectivity index (χ4n) is 2.82. The van der Waals surface area contributed by atoms with Crippen molar-refractivity contribution in [2.75, 3.05) is 0 Å². The van der Waals surface area contributed by atoms with Gasteiger partial charge in [0.15, 0.2) is 5.82 Å². The van der Waals surface area contributed by atoms with Crippen LogP contribution in [0.4, 0.5) is 0 Å². The lowest BCUT2D eigenvalue weighted by Gasteiger charge is -2.12. The smallest absolute Gasteiger partial charge is 0.253 e. The van der Waals surface area contributed by atoms with E-state index in [0.717, 1.165) is 25.2 Å². The normalized spacial score (nSPS) is 13.8. The maximum Gasteiger partial charge on any atom is 0.253 e. The van der Waals surface area contributed by atoms with Gasteiger partial charge in [0.2, 0.25) is 10.0 Å². The first-order chi connectivity index (χ1) is 12.3. The van der Waals surface area contributed by atoms with Crippen molar-refractivity contribution in [2.45, 2.75) is 50.7 Å². The van der Waals surface area contributed by atoms with Gasteiger partial charge in [0, 0.05) is 19.0 Å². The summed E-state index contributed by atoms with van der Waals surface area (Å²) in [4.78, 5) is 12.5. The Balaban J connectivity index is 1.77. The van der Waals surface area contributed by atoms with Crippen LogP contribution in [0.5, 0.6) is 0 Å². The molecule has 0 atom stereocenters. The molecule has 2 N–H and O–H groups in total. The van der Waals surface area contributed by atoms with Crippen LogP contribution < -0.4 is 10.0 Å². The molecule has 0 saturated heterocycles. The van der Waals surface area contributed by atoms with Crippen molar-refractivity contribution in [3.8, 4) is 0 Å². The number of fused-ring (bicyclic) bond motifs is 1. The molecule has 140 valence electrons. The Kier molecular flexibility index (Phi) is 5.31. The number of benzene rings is 1. The number of nitrogens with zero attached hydrogens (tertiary/aromatic N) is 3. The Bertz CT molecular complexity index is 939. The maximum absolute atomic E-state index is 12.5. The SMILES string of the molecule is CC(C)NS(=O)(=O)c1ccc(Cl)c(C(=O)NCc2nnc3n2CCC3)c1. The molecule has 10 heteroatoms. The van der Waals surface area contributed by atoms with E-state index in [9.17, 15) is 13.2 Å². The van der Waals surface area contributed by atoms with Crippen LogP contribution in [0.3, 0.4) is 0 Å². The number of hydrogen-bond acceptors (Lipinski definition) is 5. The molecule has 0 aliphatic carbocycles. The molecular weight excluding hydrogens is 378 g/mol. The fraction of sp³-hybridized carbons (Fsp3) is 0.438. The topological polar surface area (TPSA) is 106 Å². The lowest BCUT2D eigenvalue weighted by molar-refractivity contribution is 0.0949. The Labute approximate surface area is 157 Å². The quantitative estimate of drug-likeness (QED) is 0.768. The van der Waals surface area contributed by atoms with Gasteiger partial charge >= 0.3 is 0 Å². The van der Waals surface area contributed by atoms with Gasteiger partial charge in [0.25, 0.3) is 5.91 Å². The number of nitrogens with one attached hydrogen (secondary N) is 2. The first kappa shape index (κ1) is 18.8. The van der Waals surface area contributed by atoms with Crippen molar-refractivity contribution in [3.63, 3.8) is 0 Å². The van der Waals surface area contributed by atoms with Gasteiger partial charge in [-0.05, 0) is 38.5 Å². The monoisotopic (exact) mass is 397 g/mol. The molecule has 0 unspecified atom stereocenters. The predicted molar refractivity (Wildman–Crippen MR) is 96.4 cm³/mol. The van der Waals surface area contributed by atoms with Gasteiger partial charge in [-0.3, -0.25) is 4.79 Å². The van der Waals surface area contributed by atoms with Crippen LogP contribution >= 0.6 is 11.6 Å². The molecule has 1 aliphatic rings. The second-order valence-corrected chi connectivity index (χ2v) is 8.51. The minimum atomic E-state index is -3.71. The van der Waals surface area contributed by atoms with Crippen LogP contribution in [0.1, 0.15) is 42.3 Å².